The Labute approximate surface area is 263 Å². The zero-order valence-corrected chi connectivity index (χ0v) is 26.5. The van der Waals surface area contributed by atoms with Crippen LogP contribution in [0.2, 0.25) is 10.0 Å². The number of likely N-dealkylation sites (N-methyl/N-ethyl adjacent to an activating group) is 1. The van der Waals surface area contributed by atoms with Gasteiger partial charge in [0.25, 0.3) is 10.0 Å². The van der Waals surface area contributed by atoms with Gasteiger partial charge in [-0.1, -0.05) is 89.4 Å². The van der Waals surface area contributed by atoms with Crippen molar-refractivity contribution in [3.63, 3.8) is 0 Å². The van der Waals surface area contributed by atoms with Gasteiger partial charge in [-0.25, -0.2) is 8.42 Å². The second-order valence-electron chi connectivity index (χ2n) is 10.3. The average Bonchev–Trinajstić information content (AvgIpc) is 2.99. The quantitative estimate of drug-likeness (QED) is 0.212. The lowest BCUT2D eigenvalue weighted by atomic mass is 10.0. The molecule has 224 valence electrons. The highest BCUT2D eigenvalue weighted by Crippen LogP contribution is 2.27. The van der Waals surface area contributed by atoms with Gasteiger partial charge < -0.3 is 10.2 Å². The van der Waals surface area contributed by atoms with Gasteiger partial charge in [0.1, 0.15) is 12.6 Å². The number of amides is 2. The molecule has 1 N–H and O–H groups in total. The van der Waals surface area contributed by atoms with Gasteiger partial charge in [-0.3, -0.25) is 13.9 Å². The smallest absolute Gasteiger partial charge is 0.264 e. The van der Waals surface area contributed by atoms with Crippen LogP contribution in [0.4, 0.5) is 5.69 Å². The van der Waals surface area contributed by atoms with Crippen molar-refractivity contribution < 1.29 is 18.0 Å². The van der Waals surface area contributed by atoms with Crippen LogP contribution in [-0.2, 0) is 32.6 Å². The maximum atomic E-state index is 14.3. The summed E-state index contributed by atoms with van der Waals surface area (Å²) in [7, 11) is -2.66. The summed E-state index contributed by atoms with van der Waals surface area (Å²) in [5.41, 5.74) is 3.54. The van der Waals surface area contributed by atoms with Crippen LogP contribution in [0.15, 0.2) is 102 Å². The summed E-state index contributed by atoms with van der Waals surface area (Å²) in [6.45, 7) is 3.17. The normalized spacial score (nSPS) is 11.9. The van der Waals surface area contributed by atoms with Gasteiger partial charge in [0.2, 0.25) is 11.8 Å². The predicted octanol–water partition coefficient (Wildman–Crippen LogP) is 6.19. The number of anilines is 1. The van der Waals surface area contributed by atoms with Crippen LogP contribution >= 0.6 is 23.2 Å². The number of sulfonamides is 1. The summed E-state index contributed by atoms with van der Waals surface area (Å²) < 4.78 is 29.2. The third kappa shape index (κ3) is 7.96. The number of nitrogens with one attached hydrogen (secondary N) is 1. The monoisotopic (exact) mass is 637 g/mol. The minimum atomic E-state index is -4.17. The van der Waals surface area contributed by atoms with Crippen molar-refractivity contribution in [3.05, 3.63) is 129 Å². The van der Waals surface area contributed by atoms with Gasteiger partial charge in [-0.05, 0) is 66.9 Å². The van der Waals surface area contributed by atoms with E-state index in [2.05, 4.69) is 5.32 Å². The molecule has 1 atom stereocenters. The molecule has 0 unspecified atom stereocenters. The Morgan fingerprint density at radius 1 is 0.791 bits per heavy atom. The highest BCUT2D eigenvalue weighted by molar-refractivity contribution is 7.92. The fourth-order valence-electron chi connectivity index (χ4n) is 4.70. The fraction of sp³-hybridized carbons (Fsp3) is 0.212. The minimum absolute atomic E-state index is 0.00706. The van der Waals surface area contributed by atoms with Crippen molar-refractivity contribution >= 4 is 50.7 Å². The van der Waals surface area contributed by atoms with Crippen molar-refractivity contribution in [2.24, 2.45) is 0 Å². The molecule has 0 heterocycles. The van der Waals surface area contributed by atoms with Crippen LogP contribution < -0.4 is 9.62 Å². The molecule has 43 heavy (non-hydrogen) atoms. The maximum Gasteiger partial charge on any atom is 0.264 e. The van der Waals surface area contributed by atoms with Crippen LogP contribution in [-0.4, -0.2) is 44.8 Å². The second-order valence-corrected chi connectivity index (χ2v) is 12.9. The SMILES string of the molecule is CNC(=O)[C@@H](Cc1ccccc1)N(Cc1ccc(Cl)c(Cl)c1)C(=O)CN(c1cccc(C)c1)S(=O)(=O)c1ccc(C)cc1. The molecule has 10 heteroatoms. The molecule has 0 saturated heterocycles. The predicted molar refractivity (Wildman–Crippen MR) is 172 cm³/mol. The second kappa shape index (κ2) is 14.1. The van der Waals surface area contributed by atoms with Crippen molar-refractivity contribution in [3.8, 4) is 0 Å². The van der Waals surface area contributed by atoms with Gasteiger partial charge in [-0.2, -0.15) is 0 Å². The van der Waals surface area contributed by atoms with Crippen molar-refractivity contribution in [2.75, 3.05) is 17.9 Å². The average molecular weight is 639 g/mol. The first-order valence-electron chi connectivity index (χ1n) is 13.6. The molecular weight excluding hydrogens is 605 g/mol. The number of carbonyl (C=O) groups is 2. The topological polar surface area (TPSA) is 86.8 Å². The molecule has 4 rings (SSSR count). The molecule has 0 aliphatic heterocycles. The summed E-state index contributed by atoms with van der Waals surface area (Å²) in [5, 5.41) is 3.32. The van der Waals surface area contributed by atoms with Crippen molar-refractivity contribution in [2.45, 2.75) is 37.8 Å². The minimum Gasteiger partial charge on any atom is -0.357 e. The van der Waals surface area contributed by atoms with Gasteiger partial charge in [0.05, 0.1) is 20.6 Å². The molecule has 0 aliphatic carbocycles. The number of hydrogen-bond donors (Lipinski definition) is 1. The Hall–Kier alpha value is -3.85. The Balaban J connectivity index is 1.80. The molecule has 0 aliphatic rings. The van der Waals surface area contributed by atoms with Crippen molar-refractivity contribution in [1.29, 1.82) is 0 Å². The van der Waals surface area contributed by atoms with Gasteiger partial charge in [0.15, 0.2) is 0 Å². The summed E-state index contributed by atoms with van der Waals surface area (Å²) >= 11 is 12.4. The number of halogens is 2. The van der Waals surface area contributed by atoms with E-state index in [0.717, 1.165) is 21.0 Å². The number of nitrogens with zero attached hydrogens (tertiary/aromatic N) is 2. The van der Waals surface area contributed by atoms with Crippen LogP contribution in [0.25, 0.3) is 0 Å². The highest BCUT2D eigenvalue weighted by atomic mass is 35.5. The van der Waals surface area contributed by atoms with E-state index >= 15 is 0 Å². The van der Waals surface area contributed by atoms with Crippen molar-refractivity contribution in [1.82, 2.24) is 10.2 Å². The number of aryl methyl sites for hydroxylation is 2. The maximum absolute atomic E-state index is 14.3. The fourth-order valence-corrected chi connectivity index (χ4v) is 6.43. The summed E-state index contributed by atoms with van der Waals surface area (Å²) in [4.78, 5) is 29.1. The van der Waals surface area contributed by atoms with Gasteiger partial charge in [-0.15, -0.1) is 0 Å². The molecule has 0 spiro atoms. The molecule has 0 bridgehead atoms. The van der Waals surface area contributed by atoms with E-state index in [1.807, 2.05) is 50.2 Å². The molecule has 0 saturated carbocycles. The third-order valence-corrected chi connectivity index (χ3v) is 9.56. The van der Waals surface area contributed by atoms with E-state index in [9.17, 15) is 18.0 Å². The molecular formula is C33H33Cl2N3O4S. The molecule has 4 aromatic carbocycles. The first-order chi connectivity index (χ1) is 20.5. The largest absolute Gasteiger partial charge is 0.357 e. The molecule has 0 radical (unpaired) electrons. The molecule has 0 fully saturated rings. The van der Waals surface area contributed by atoms with E-state index in [1.165, 1.54) is 24.1 Å². The first-order valence-corrected chi connectivity index (χ1v) is 15.8. The van der Waals surface area contributed by atoms with Crippen LogP contribution in [0.1, 0.15) is 22.3 Å². The molecule has 2 amide bonds. The van der Waals surface area contributed by atoms with Gasteiger partial charge in [0, 0.05) is 20.0 Å². The lowest BCUT2D eigenvalue weighted by Crippen LogP contribution is -2.53. The van der Waals surface area contributed by atoms with E-state index in [0.29, 0.717) is 21.3 Å². The van der Waals surface area contributed by atoms with Gasteiger partial charge >= 0.3 is 0 Å². The lowest BCUT2D eigenvalue weighted by molar-refractivity contribution is -0.139. The van der Waals surface area contributed by atoms with Crippen LogP contribution in [0.3, 0.4) is 0 Å². The number of benzene rings is 4. The third-order valence-electron chi connectivity index (χ3n) is 7.03. The first kappa shape index (κ1) is 32.1. The summed E-state index contributed by atoms with van der Waals surface area (Å²) in [6.07, 6.45) is 0.211. The van der Waals surface area contributed by atoms with Crippen LogP contribution in [0.5, 0.6) is 0 Å². The number of carbonyl (C=O) groups excluding carboxylic acids is 2. The number of hydrogen-bond acceptors (Lipinski definition) is 4. The zero-order valence-electron chi connectivity index (χ0n) is 24.1. The van der Waals surface area contributed by atoms with E-state index in [1.54, 1.807) is 48.5 Å². The molecule has 0 aromatic heterocycles. The Morgan fingerprint density at radius 3 is 2.12 bits per heavy atom. The molecule has 7 nitrogen and oxygen atoms in total. The Bertz CT molecular complexity index is 1700. The number of rotatable bonds is 11. The Morgan fingerprint density at radius 2 is 1.49 bits per heavy atom. The zero-order chi connectivity index (χ0) is 31.1. The standard InChI is InChI=1S/C33H33Cl2N3O4S/c1-23-12-15-28(16-13-23)43(41,42)38(27-11-7-8-24(2)18-27)22-32(39)37(21-26-14-17-29(34)30(35)19-26)31(33(40)36-3)20-25-9-5-4-6-10-25/h4-19,31H,20-22H2,1-3H3,(H,36,40)/t31-/m1/s1. The molecule has 4 aromatic rings. The van der Waals surface area contributed by atoms with E-state index in [-0.39, 0.29) is 23.8 Å². The lowest BCUT2D eigenvalue weighted by Gasteiger charge is -2.33. The highest BCUT2D eigenvalue weighted by Gasteiger charge is 2.34. The van der Waals surface area contributed by atoms with E-state index < -0.39 is 28.5 Å². The Kier molecular flexibility index (Phi) is 10.5. The summed E-state index contributed by atoms with van der Waals surface area (Å²) in [5.74, 6) is -0.950. The van der Waals surface area contributed by atoms with E-state index in [4.69, 9.17) is 23.2 Å². The summed E-state index contributed by atoms with van der Waals surface area (Å²) in [6, 6.07) is 26.8. The van der Waals surface area contributed by atoms with Crippen LogP contribution in [0, 0.1) is 13.8 Å².